The van der Waals surface area contributed by atoms with E-state index >= 15 is 0 Å². The van der Waals surface area contributed by atoms with Crippen LogP contribution in [0.5, 0.6) is 0 Å². The van der Waals surface area contributed by atoms with Crippen molar-refractivity contribution in [2.45, 2.75) is 25.8 Å². The van der Waals surface area contributed by atoms with Gasteiger partial charge in [-0.05, 0) is 42.7 Å². The second-order valence-electron chi connectivity index (χ2n) is 5.07. The lowest BCUT2D eigenvalue weighted by Gasteiger charge is -2.26. The number of carbonyl (C=O) groups is 1. The van der Waals surface area contributed by atoms with Gasteiger partial charge in [-0.2, -0.15) is 0 Å². The van der Waals surface area contributed by atoms with Crippen LogP contribution in [0.15, 0.2) is 41.0 Å². The van der Waals surface area contributed by atoms with Crippen LogP contribution < -0.4 is 0 Å². The van der Waals surface area contributed by atoms with E-state index < -0.39 is 0 Å². The molecule has 0 bridgehead atoms. The number of hydrogen-bond acceptors (Lipinski definition) is 3. The van der Waals surface area contributed by atoms with Crippen LogP contribution in [0.25, 0.3) is 0 Å². The number of nitrogens with zero attached hydrogens (tertiary/aromatic N) is 1. The summed E-state index contributed by atoms with van der Waals surface area (Å²) in [6, 6.07) is 10.1. The molecule has 0 saturated carbocycles. The van der Waals surface area contributed by atoms with E-state index in [2.05, 4.69) is 32.0 Å². The normalized spacial score (nSPS) is 18.8. The summed E-state index contributed by atoms with van der Waals surface area (Å²) in [7, 11) is 0. The van der Waals surface area contributed by atoms with Gasteiger partial charge in [-0.25, -0.2) is 0 Å². The van der Waals surface area contributed by atoms with Crippen molar-refractivity contribution in [2.75, 3.05) is 5.75 Å². The minimum absolute atomic E-state index is 0.0915. The molecule has 3 nitrogen and oxygen atoms in total. The van der Waals surface area contributed by atoms with Gasteiger partial charge in [0.05, 0.1) is 18.6 Å². The van der Waals surface area contributed by atoms with Gasteiger partial charge >= 0.3 is 0 Å². The largest absolute Gasteiger partial charge is 0.467 e. The zero-order valence-corrected chi connectivity index (χ0v) is 12.4. The Bertz CT molecular complexity index is 601. The highest BCUT2D eigenvalue weighted by Gasteiger charge is 2.34. The summed E-state index contributed by atoms with van der Waals surface area (Å²) in [5, 5.41) is 0.0915. The summed E-state index contributed by atoms with van der Waals surface area (Å²) in [5.41, 5.74) is 3.73. The maximum Gasteiger partial charge on any atom is 0.234 e. The van der Waals surface area contributed by atoms with E-state index in [9.17, 15) is 4.79 Å². The van der Waals surface area contributed by atoms with Crippen molar-refractivity contribution in [1.82, 2.24) is 4.90 Å². The molecular formula is C16H17NO2S. The Kier molecular flexibility index (Phi) is 3.57. The molecule has 3 rings (SSSR count). The Hall–Kier alpha value is -1.68. The fourth-order valence-corrected chi connectivity index (χ4v) is 4.03. The monoisotopic (exact) mass is 287 g/mol. The molecule has 1 aromatic heterocycles. The standard InChI is InChI=1S/C16H17NO2S/c1-11-5-3-6-12(2)15(11)16-17(14(18)10-20-16)9-13-7-4-8-19-13/h3-8,16H,9-10H2,1-2H3. The number of rotatable bonds is 3. The van der Waals surface area contributed by atoms with E-state index in [0.717, 1.165) is 5.76 Å². The second-order valence-corrected chi connectivity index (χ2v) is 6.14. The quantitative estimate of drug-likeness (QED) is 0.863. The minimum Gasteiger partial charge on any atom is -0.467 e. The first-order chi connectivity index (χ1) is 9.66. The Labute approximate surface area is 123 Å². The van der Waals surface area contributed by atoms with Crippen molar-refractivity contribution in [3.8, 4) is 0 Å². The first-order valence-electron chi connectivity index (χ1n) is 6.66. The van der Waals surface area contributed by atoms with E-state index in [1.54, 1.807) is 18.0 Å². The molecular weight excluding hydrogens is 270 g/mol. The lowest BCUT2D eigenvalue weighted by molar-refractivity contribution is -0.128. The molecule has 1 aliphatic heterocycles. The minimum atomic E-state index is 0.0915. The highest BCUT2D eigenvalue weighted by atomic mass is 32.2. The second kappa shape index (κ2) is 5.37. The van der Waals surface area contributed by atoms with Crippen molar-refractivity contribution in [2.24, 2.45) is 0 Å². The lowest BCUT2D eigenvalue weighted by atomic mass is 10.0. The van der Waals surface area contributed by atoms with Crippen molar-refractivity contribution in [1.29, 1.82) is 0 Å². The third kappa shape index (κ3) is 2.36. The number of carbonyl (C=O) groups excluding carboxylic acids is 1. The number of hydrogen-bond donors (Lipinski definition) is 0. The van der Waals surface area contributed by atoms with Crippen LogP contribution in [-0.4, -0.2) is 16.6 Å². The molecule has 20 heavy (non-hydrogen) atoms. The predicted octanol–water partition coefficient (Wildman–Crippen LogP) is 3.67. The van der Waals surface area contributed by atoms with E-state index in [0.29, 0.717) is 12.3 Å². The van der Waals surface area contributed by atoms with Gasteiger partial charge in [-0.1, -0.05) is 18.2 Å². The molecule has 1 aliphatic rings. The van der Waals surface area contributed by atoms with E-state index in [1.165, 1.54) is 16.7 Å². The summed E-state index contributed by atoms with van der Waals surface area (Å²) in [6.45, 7) is 4.75. The Morgan fingerprint density at radius 3 is 2.65 bits per heavy atom. The predicted molar refractivity (Wildman–Crippen MR) is 80.4 cm³/mol. The van der Waals surface area contributed by atoms with Crippen LogP contribution in [0.1, 0.15) is 27.8 Å². The Balaban J connectivity index is 1.93. The van der Waals surface area contributed by atoms with Crippen molar-refractivity contribution in [3.63, 3.8) is 0 Å². The van der Waals surface area contributed by atoms with Gasteiger partial charge in [0.1, 0.15) is 11.1 Å². The van der Waals surface area contributed by atoms with Crippen LogP contribution in [0.2, 0.25) is 0 Å². The molecule has 104 valence electrons. The third-order valence-electron chi connectivity index (χ3n) is 3.66. The Morgan fingerprint density at radius 2 is 2.00 bits per heavy atom. The van der Waals surface area contributed by atoms with E-state index in [1.807, 2.05) is 17.0 Å². The molecule has 0 aliphatic carbocycles. The van der Waals surface area contributed by atoms with E-state index in [-0.39, 0.29) is 11.3 Å². The molecule has 1 saturated heterocycles. The topological polar surface area (TPSA) is 33.5 Å². The summed E-state index contributed by atoms with van der Waals surface area (Å²) in [4.78, 5) is 14.1. The van der Waals surface area contributed by atoms with Gasteiger partial charge in [0.25, 0.3) is 0 Å². The van der Waals surface area contributed by atoms with Gasteiger partial charge in [0.15, 0.2) is 0 Å². The fraction of sp³-hybridized carbons (Fsp3) is 0.312. The molecule has 0 spiro atoms. The third-order valence-corrected chi connectivity index (χ3v) is 4.88. The smallest absolute Gasteiger partial charge is 0.234 e. The Morgan fingerprint density at radius 1 is 1.25 bits per heavy atom. The first kappa shape index (κ1) is 13.3. The maximum atomic E-state index is 12.2. The molecule has 1 fully saturated rings. The number of amides is 1. The molecule has 1 unspecified atom stereocenters. The van der Waals surface area contributed by atoms with Gasteiger partial charge < -0.3 is 9.32 Å². The summed E-state index contributed by atoms with van der Waals surface area (Å²) in [5.74, 6) is 1.55. The molecule has 1 atom stereocenters. The maximum absolute atomic E-state index is 12.2. The van der Waals surface area contributed by atoms with Gasteiger partial charge in [-0.3, -0.25) is 4.79 Å². The molecule has 4 heteroatoms. The van der Waals surface area contributed by atoms with Crippen LogP contribution in [0.3, 0.4) is 0 Å². The summed E-state index contributed by atoms with van der Waals surface area (Å²) >= 11 is 1.70. The molecule has 1 aromatic carbocycles. The highest BCUT2D eigenvalue weighted by Crippen LogP contribution is 2.42. The first-order valence-corrected chi connectivity index (χ1v) is 7.71. The molecule has 1 amide bonds. The average Bonchev–Trinajstić information content (AvgIpc) is 3.03. The van der Waals surface area contributed by atoms with Crippen molar-refractivity contribution in [3.05, 3.63) is 59.0 Å². The summed E-state index contributed by atoms with van der Waals surface area (Å²) in [6.07, 6.45) is 1.65. The van der Waals surface area contributed by atoms with Crippen LogP contribution >= 0.6 is 11.8 Å². The fourth-order valence-electron chi connectivity index (χ4n) is 2.65. The molecule has 0 radical (unpaired) electrons. The summed E-state index contributed by atoms with van der Waals surface area (Å²) < 4.78 is 5.39. The number of furan rings is 1. The average molecular weight is 287 g/mol. The number of thioether (sulfide) groups is 1. The highest BCUT2D eigenvalue weighted by molar-refractivity contribution is 8.00. The lowest BCUT2D eigenvalue weighted by Crippen LogP contribution is -2.28. The van der Waals surface area contributed by atoms with Crippen molar-refractivity contribution < 1.29 is 9.21 Å². The zero-order valence-electron chi connectivity index (χ0n) is 11.6. The van der Waals surface area contributed by atoms with Crippen LogP contribution in [0.4, 0.5) is 0 Å². The zero-order chi connectivity index (χ0) is 14.1. The SMILES string of the molecule is Cc1cccc(C)c1C1SCC(=O)N1Cc1ccco1. The molecule has 0 N–H and O–H groups in total. The molecule has 2 aromatic rings. The van der Waals surface area contributed by atoms with Gasteiger partial charge in [-0.15, -0.1) is 11.8 Å². The van der Waals surface area contributed by atoms with Gasteiger partial charge in [0, 0.05) is 0 Å². The van der Waals surface area contributed by atoms with Crippen molar-refractivity contribution >= 4 is 17.7 Å². The van der Waals surface area contributed by atoms with Crippen LogP contribution in [-0.2, 0) is 11.3 Å². The number of benzene rings is 1. The molecule has 2 heterocycles. The van der Waals surface area contributed by atoms with Gasteiger partial charge in [0.2, 0.25) is 5.91 Å². The number of aryl methyl sites for hydroxylation is 2. The van der Waals surface area contributed by atoms with Crippen LogP contribution in [0, 0.1) is 13.8 Å². The van der Waals surface area contributed by atoms with E-state index in [4.69, 9.17) is 4.42 Å².